The van der Waals surface area contributed by atoms with Crippen molar-refractivity contribution in [1.82, 2.24) is 0 Å². The Morgan fingerprint density at radius 3 is 2.50 bits per heavy atom. The highest BCUT2D eigenvalue weighted by atomic mass is 35.5. The van der Waals surface area contributed by atoms with Crippen LogP contribution < -0.4 is 0 Å². The number of halogens is 1. The molecule has 2 aromatic rings. The van der Waals surface area contributed by atoms with Gasteiger partial charge in [-0.1, -0.05) is 65.7 Å². The van der Waals surface area contributed by atoms with Crippen molar-refractivity contribution in [2.75, 3.05) is 0 Å². The molecular formula is C17H17Cl. The minimum Gasteiger partial charge on any atom is -0.0844 e. The summed E-state index contributed by atoms with van der Waals surface area (Å²) in [5.74, 6) is 0. The molecule has 1 heteroatoms. The zero-order valence-electron chi connectivity index (χ0n) is 10.8. The molecule has 0 aromatic heterocycles. The lowest BCUT2D eigenvalue weighted by Gasteiger charge is -2.01. The third-order valence-corrected chi connectivity index (χ3v) is 3.41. The minimum atomic E-state index is 0.829. The zero-order chi connectivity index (χ0) is 13.0. The highest BCUT2D eigenvalue weighted by molar-refractivity contribution is 6.31. The summed E-state index contributed by atoms with van der Waals surface area (Å²) in [6.07, 6.45) is 5.00. The fourth-order valence-corrected chi connectivity index (χ4v) is 1.92. The van der Waals surface area contributed by atoms with Crippen molar-refractivity contribution in [2.45, 2.75) is 20.3 Å². The van der Waals surface area contributed by atoms with Crippen LogP contribution in [0.4, 0.5) is 0 Å². The molecular weight excluding hydrogens is 240 g/mol. The second-order valence-corrected chi connectivity index (χ2v) is 5.04. The van der Waals surface area contributed by atoms with Crippen LogP contribution in [0.2, 0.25) is 0 Å². The molecule has 2 aromatic carbocycles. The Balaban J connectivity index is 2.15. The molecule has 0 atom stereocenters. The smallest absolute Gasteiger partial charge is 0.0389 e. The van der Waals surface area contributed by atoms with Gasteiger partial charge < -0.3 is 0 Å². The van der Waals surface area contributed by atoms with Crippen LogP contribution in [0, 0.1) is 0 Å². The maximum Gasteiger partial charge on any atom is 0.0389 e. The van der Waals surface area contributed by atoms with Gasteiger partial charge in [0.1, 0.15) is 0 Å². The monoisotopic (exact) mass is 256 g/mol. The molecule has 0 fully saturated rings. The van der Waals surface area contributed by atoms with E-state index >= 15 is 0 Å². The number of allylic oxidation sites excluding steroid dienone is 4. The Kier molecular flexibility index (Phi) is 4.22. The summed E-state index contributed by atoms with van der Waals surface area (Å²) in [7, 11) is 0. The first-order chi connectivity index (χ1) is 8.66. The Labute approximate surface area is 114 Å². The van der Waals surface area contributed by atoms with Crippen LogP contribution >= 0.6 is 11.6 Å². The molecule has 0 saturated carbocycles. The van der Waals surface area contributed by atoms with Crippen molar-refractivity contribution < 1.29 is 0 Å². The van der Waals surface area contributed by atoms with Gasteiger partial charge in [-0.25, -0.2) is 0 Å². The minimum absolute atomic E-state index is 0.829. The second kappa shape index (κ2) is 5.88. The summed E-state index contributed by atoms with van der Waals surface area (Å²) in [5.41, 5.74) is 2.45. The maximum absolute atomic E-state index is 6.07. The van der Waals surface area contributed by atoms with Crippen LogP contribution in [-0.4, -0.2) is 0 Å². The van der Waals surface area contributed by atoms with Gasteiger partial charge in [-0.15, -0.1) is 0 Å². The first kappa shape index (κ1) is 12.9. The molecule has 0 bridgehead atoms. The predicted octanol–water partition coefficient (Wildman–Crippen LogP) is 5.47. The molecule has 18 heavy (non-hydrogen) atoms. The molecule has 0 unspecified atom stereocenters. The van der Waals surface area contributed by atoms with Gasteiger partial charge in [0.15, 0.2) is 0 Å². The number of benzene rings is 2. The molecule has 0 heterocycles. The van der Waals surface area contributed by atoms with E-state index in [1.807, 2.05) is 19.9 Å². The number of hydrogen-bond donors (Lipinski definition) is 0. The molecule has 0 nitrogen and oxygen atoms in total. The molecule has 2 rings (SSSR count). The topological polar surface area (TPSA) is 0 Å². The van der Waals surface area contributed by atoms with Crippen molar-refractivity contribution in [1.29, 1.82) is 0 Å². The summed E-state index contributed by atoms with van der Waals surface area (Å²) >= 11 is 6.07. The molecule has 0 amide bonds. The van der Waals surface area contributed by atoms with E-state index in [0.29, 0.717) is 0 Å². The van der Waals surface area contributed by atoms with E-state index in [9.17, 15) is 0 Å². The zero-order valence-corrected chi connectivity index (χ0v) is 11.5. The lowest BCUT2D eigenvalue weighted by Crippen LogP contribution is -1.82. The van der Waals surface area contributed by atoms with Gasteiger partial charge in [-0.3, -0.25) is 0 Å². The molecule has 0 aliphatic rings. The molecule has 92 valence electrons. The average molecular weight is 257 g/mol. The number of hydrogen-bond acceptors (Lipinski definition) is 0. The average Bonchev–Trinajstić information content (AvgIpc) is 2.38. The Bertz CT molecular complexity index is 602. The van der Waals surface area contributed by atoms with E-state index in [1.54, 1.807) is 0 Å². The first-order valence-electron chi connectivity index (χ1n) is 6.14. The molecule has 0 saturated heterocycles. The van der Waals surface area contributed by atoms with Gasteiger partial charge in [0.25, 0.3) is 0 Å². The van der Waals surface area contributed by atoms with Gasteiger partial charge in [-0.2, -0.15) is 0 Å². The van der Waals surface area contributed by atoms with Gasteiger partial charge in [-0.05, 0) is 42.7 Å². The van der Waals surface area contributed by atoms with E-state index in [-0.39, 0.29) is 0 Å². The van der Waals surface area contributed by atoms with E-state index in [2.05, 4.69) is 48.5 Å². The fraction of sp³-hybridized carbons (Fsp3) is 0.176. The Hall–Kier alpha value is -1.53. The normalized spacial score (nSPS) is 11.1. The van der Waals surface area contributed by atoms with Crippen molar-refractivity contribution in [3.05, 3.63) is 70.8 Å². The Morgan fingerprint density at radius 1 is 1.06 bits per heavy atom. The third-order valence-electron chi connectivity index (χ3n) is 2.91. The summed E-state index contributed by atoms with van der Waals surface area (Å²) in [5, 5.41) is 3.40. The van der Waals surface area contributed by atoms with Crippen molar-refractivity contribution >= 4 is 22.4 Å². The predicted molar refractivity (Wildman–Crippen MR) is 81.0 cm³/mol. The number of rotatable bonds is 3. The van der Waals surface area contributed by atoms with E-state index in [0.717, 1.165) is 17.0 Å². The first-order valence-corrected chi connectivity index (χ1v) is 6.52. The van der Waals surface area contributed by atoms with Gasteiger partial charge in [0, 0.05) is 5.03 Å². The van der Waals surface area contributed by atoms with Gasteiger partial charge >= 0.3 is 0 Å². The van der Waals surface area contributed by atoms with E-state index in [4.69, 9.17) is 11.6 Å². The maximum atomic E-state index is 6.07. The summed E-state index contributed by atoms with van der Waals surface area (Å²) in [6, 6.07) is 15.0. The van der Waals surface area contributed by atoms with Gasteiger partial charge in [0.05, 0.1) is 0 Å². The summed E-state index contributed by atoms with van der Waals surface area (Å²) in [4.78, 5) is 0. The van der Waals surface area contributed by atoms with Crippen LogP contribution in [0.15, 0.2) is 65.2 Å². The van der Waals surface area contributed by atoms with Crippen LogP contribution in [-0.2, 0) is 6.42 Å². The lowest BCUT2D eigenvalue weighted by molar-refractivity contribution is 1.27. The molecule has 0 radical (unpaired) electrons. The van der Waals surface area contributed by atoms with Crippen molar-refractivity contribution in [3.8, 4) is 0 Å². The van der Waals surface area contributed by atoms with Crippen molar-refractivity contribution in [3.63, 3.8) is 0 Å². The van der Waals surface area contributed by atoms with Gasteiger partial charge in [0.2, 0.25) is 0 Å². The molecule has 0 N–H and O–H groups in total. The van der Waals surface area contributed by atoms with Crippen LogP contribution in [0.5, 0.6) is 0 Å². The molecule has 0 aliphatic carbocycles. The summed E-state index contributed by atoms with van der Waals surface area (Å²) in [6.45, 7) is 4.03. The van der Waals surface area contributed by atoms with E-state index in [1.165, 1.54) is 16.3 Å². The molecule has 0 spiro atoms. The standard InChI is InChI=1S/C17H17Cl/c1-13(2)17(18)9-5-6-14-10-11-15-7-3-4-8-16(15)12-14/h3-5,7-12H,6H2,1-2H3/b9-5+. The largest absolute Gasteiger partial charge is 0.0844 e. The van der Waals surface area contributed by atoms with E-state index < -0.39 is 0 Å². The summed E-state index contributed by atoms with van der Waals surface area (Å²) < 4.78 is 0. The lowest BCUT2D eigenvalue weighted by atomic mass is 10.0. The van der Waals surface area contributed by atoms with Crippen LogP contribution in [0.25, 0.3) is 10.8 Å². The van der Waals surface area contributed by atoms with Crippen molar-refractivity contribution in [2.24, 2.45) is 0 Å². The quantitative estimate of drug-likeness (QED) is 0.639. The SMILES string of the molecule is CC(C)=C(Cl)/C=C/Cc1ccc2ccccc2c1. The third kappa shape index (κ3) is 3.24. The van der Waals surface area contributed by atoms with Crippen LogP contribution in [0.3, 0.4) is 0 Å². The highest BCUT2D eigenvalue weighted by Gasteiger charge is 1.94. The Morgan fingerprint density at radius 2 is 1.78 bits per heavy atom. The molecule has 0 aliphatic heterocycles. The number of fused-ring (bicyclic) bond motifs is 1. The fourth-order valence-electron chi connectivity index (χ4n) is 1.83. The van der Waals surface area contributed by atoms with Crippen LogP contribution in [0.1, 0.15) is 19.4 Å². The second-order valence-electron chi connectivity index (χ2n) is 4.64. The highest BCUT2D eigenvalue weighted by Crippen LogP contribution is 2.17.